The van der Waals surface area contributed by atoms with Crippen LogP contribution in [0.2, 0.25) is 0 Å². The van der Waals surface area contributed by atoms with Crippen LogP contribution in [0, 0.1) is 0 Å². The number of rotatable bonds is 8. The Balaban J connectivity index is 1.49. The number of nitrogens with one attached hydrogen (secondary N) is 1. The van der Waals surface area contributed by atoms with Crippen molar-refractivity contribution >= 4 is 22.9 Å². The first-order valence-electron chi connectivity index (χ1n) is 9.95. The summed E-state index contributed by atoms with van der Waals surface area (Å²) < 4.78 is 11.6. The Hall–Kier alpha value is -3.64. The molecular weight excluding hydrogens is 408 g/mol. The van der Waals surface area contributed by atoms with Gasteiger partial charge in [0.1, 0.15) is 6.61 Å². The first-order valence-corrected chi connectivity index (χ1v) is 10.9. The summed E-state index contributed by atoms with van der Waals surface area (Å²) in [4.78, 5) is 16.9. The predicted molar refractivity (Wildman–Crippen MR) is 124 cm³/mol. The highest BCUT2D eigenvalue weighted by Gasteiger charge is 2.13. The number of pyridine rings is 1. The summed E-state index contributed by atoms with van der Waals surface area (Å²) in [5.41, 5.74) is 4.39. The second-order valence-electron chi connectivity index (χ2n) is 6.79. The molecule has 0 radical (unpaired) electrons. The molecule has 2 aromatic heterocycles. The zero-order valence-corrected chi connectivity index (χ0v) is 17.9. The van der Waals surface area contributed by atoms with Gasteiger partial charge in [-0.1, -0.05) is 18.2 Å². The summed E-state index contributed by atoms with van der Waals surface area (Å²) in [7, 11) is 0. The molecule has 0 fully saturated rings. The van der Waals surface area contributed by atoms with E-state index in [1.807, 2.05) is 48.7 Å². The lowest BCUT2D eigenvalue weighted by Gasteiger charge is -2.14. The molecule has 31 heavy (non-hydrogen) atoms. The fourth-order valence-electron chi connectivity index (χ4n) is 3.09. The van der Waals surface area contributed by atoms with Gasteiger partial charge in [0.15, 0.2) is 11.5 Å². The van der Waals surface area contributed by atoms with Gasteiger partial charge in [0, 0.05) is 29.2 Å². The molecule has 2 heterocycles. The van der Waals surface area contributed by atoms with Crippen LogP contribution in [0.15, 0.2) is 83.8 Å². The number of hydrogen-bond donors (Lipinski definition) is 1. The number of amides is 1. The van der Waals surface area contributed by atoms with Crippen molar-refractivity contribution in [1.82, 2.24) is 4.98 Å². The van der Waals surface area contributed by atoms with Crippen molar-refractivity contribution in [2.24, 2.45) is 0 Å². The molecule has 0 aliphatic carbocycles. The second-order valence-corrected chi connectivity index (χ2v) is 7.57. The summed E-state index contributed by atoms with van der Waals surface area (Å²) >= 11 is 1.64. The van der Waals surface area contributed by atoms with Crippen LogP contribution in [0.3, 0.4) is 0 Å². The lowest BCUT2D eigenvalue weighted by atomic mass is 10.1. The monoisotopic (exact) mass is 430 g/mol. The SMILES string of the molecule is CCOc1cc(C(=O)Nc2cccc(-c3ccsc3)c2)ccc1OCc1cccnc1. The molecule has 1 amide bonds. The number of carbonyl (C=O) groups is 1. The number of nitrogens with zero attached hydrogens (tertiary/aromatic N) is 1. The van der Waals surface area contributed by atoms with E-state index in [-0.39, 0.29) is 5.91 Å². The normalized spacial score (nSPS) is 10.5. The third-order valence-electron chi connectivity index (χ3n) is 4.60. The Bertz CT molecular complexity index is 1140. The molecule has 6 heteroatoms. The van der Waals surface area contributed by atoms with Crippen LogP contribution in [0.4, 0.5) is 5.69 Å². The number of thiophene rings is 1. The van der Waals surface area contributed by atoms with Gasteiger partial charge in [0.25, 0.3) is 5.91 Å². The minimum Gasteiger partial charge on any atom is -0.490 e. The van der Waals surface area contributed by atoms with Crippen molar-refractivity contribution in [3.8, 4) is 22.6 Å². The van der Waals surface area contributed by atoms with Crippen LogP contribution in [-0.2, 0) is 6.61 Å². The molecule has 0 aliphatic heterocycles. The maximum Gasteiger partial charge on any atom is 0.255 e. The van der Waals surface area contributed by atoms with E-state index in [0.29, 0.717) is 30.3 Å². The third-order valence-corrected chi connectivity index (χ3v) is 5.28. The molecular formula is C25H22N2O3S. The van der Waals surface area contributed by atoms with Crippen molar-refractivity contribution in [2.45, 2.75) is 13.5 Å². The summed E-state index contributed by atoms with van der Waals surface area (Å²) in [6.45, 7) is 2.74. The highest BCUT2D eigenvalue weighted by atomic mass is 32.1. The Morgan fingerprint density at radius 1 is 1.00 bits per heavy atom. The van der Waals surface area contributed by atoms with Crippen molar-refractivity contribution in [2.75, 3.05) is 11.9 Å². The summed E-state index contributed by atoms with van der Waals surface area (Å²) in [6.07, 6.45) is 3.48. The molecule has 156 valence electrons. The molecule has 0 atom stereocenters. The zero-order valence-electron chi connectivity index (χ0n) is 17.1. The minimum absolute atomic E-state index is 0.206. The second kappa shape index (κ2) is 9.91. The molecule has 0 spiro atoms. The van der Waals surface area contributed by atoms with E-state index in [1.54, 1.807) is 41.9 Å². The van der Waals surface area contributed by atoms with E-state index in [9.17, 15) is 4.79 Å². The van der Waals surface area contributed by atoms with E-state index < -0.39 is 0 Å². The van der Waals surface area contributed by atoms with Crippen molar-refractivity contribution in [3.63, 3.8) is 0 Å². The van der Waals surface area contributed by atoms with Gasteiger partial charge in [-0.3, -0.25) is 9.78 Å². The number of hydrogen-bond acceptors (Lipinski definition) is 5. The van der Waals surface area contributed by atoms with Gasteiger partial charge in [-0.25, -0.2) is 0 Å². The summed E-state index contributed by atoms with van der Waals surface area (Å²) in [5.74, 6) is 0.912. The predicted octanol–water partition coefficient (Wildman–Crippen LogP) is 6.04. The molecule has 0 aliphatic rings. The molecule has 2 aromatic carbocycles. The van der Waals surface area contributed by atoms with Crippen LogP contribution in [0.25, 0.3) is 11.1 Å². The Labute approximate surface area is 185 Å². The first kappa shape index (κ1) is 20.6. The van der Waals surface area contributed by atoms with E-state index in [1.165, 1.54) is 0 Å². The Kier molecular flexibility index (Phi) is 6.59. The average molecular weight is 431 g/mol. The topological polar surface area (TPSA) is 60.5 Å². The van der Waals surface area contributed by atoms with E-state index in [0.717, 1.165) is 22.4 Å². The van der Waals surface area contributed by atoms with E-state index in [2.05, 4.69) is 21.7 Å². The van der Waals surface area contributed by atoms with E-state index >= 15 is 0 Å². The molecule has 0 saturated carbocycles. The minimum atomic E-state index is -0.206. The lowest BCUT2D eigenvalue weighted by Crippen LogP contribution is -2.12. The highest BCUT2D eigenvalue weighted by Crippen LogP contribution is 2.30. The molecule has 4 rings (SSSR count). The largest absolute Gasteiger partial charge is 0.490 e. The van der Waals surface area contributed by atoms with Gasteiger partial charge in [-0.2, -0.15) is 11.3 Å². The number of carbonyl (C=O) groups excluding carboxylic acids is 1. The third kappa shape index (κ3) is 5.29. The van der Waals surface area contributed by atoms with Crippen molar-refractivity contribution < 1.29 is 14.3 Å². The van der Waals surface area contributed by atoms with Gasteiger partial charge in [0.2, 0.25) is 0 Å². The lowest BCUT2D eigenvalue weighted by molar-refractivity contribution is 0.102. The van der Waals surface area contributed by atoms with Crippen LogP contribution < -0.4 is 14.8 Å². The molecule has 0 unspecified atom stereocenters. The van der Waals surface area contributed by atoms with Crippen LogP contribution in [0.1, 0.15) is 22.8 Å². The molecule has 1 N–H and O–H groups in total. The molecule has 0 bridgehead atoms. The molecule has 0 saturated heterocycles. The Morgan fingerprint density at radius 3 is 2.71 bits per heavy atom. The Morgan fingerprint density at radius 2 is 1.94 bits per heavy atom. The number of aromatic nitrogens is 1. The fourth-order valence-corrected chi connectivity index (χ4v) is 3.75. The van der Waals surface area contributed by atoms with Crippen molar-refractivity contribution in [3.05, 3.63) is 94.9 Å². The molecule has 5 nitrogen and oxygen atoms in total. The van der Waals surface area contributed by atoms with Gasteiger partial charge in [-0.05, 0) is 71.3 Å². The highest BCUT2D eigenvalue weighted by molar-refractivity contribution is 7.08. The smallest absolute Gasteiger partial charge is 0.255 e. The van der Waals surface area contributed by atoms with Crippen LogP contribution in [-0.4, -0.2) is 17.5 Å². The van der Waals surface area contributed by atoms with Gasteiger partial charge >= 0.3 is 0 Å². The van der Waals surface area contributed by atoms with E-state index in [4.69, 9.17) is 9.47 Å². The maximum atomic E-state index is 12.8. The number of anilines is 1. The summed E-state index contributed by atoms with van der Waals surface area (Å²) in [5, 5.41) is 7.09. The van der Waals surface area contributed by atoms with Crippen LogP contribution >= 0.6 is 11.3 Å². The zero-order chi connectivity index (χ0) is 21.5. The number of benzene rings is 2. The standard InChI is InChI=1S/C25H22N2O3S/c1-2-29-24-14-20(8-9-23(24)30-16-18-5-4-11-26-15-18)25(28)27-22-7-3-6-19(13-22)21-10-12-31-17-21/h3-15,17H,2,16H2,1H3,(H,27,28). The molecule has 4 aromatic rings. The quantitative estimate of drug-likeness (QED) is 0.370. The first-order chi connectivity index (χ1) is 15.2. The fraction of sp³-hybridized carbons (Fsp3) is 0.120. The summed E-state index contributed by atoms with van der Waals surface area (Å²) in [6, 6.07) is 18.9. The number of ether oxygens (including phenoxy) is 2. The van der Waals surface area contributed by atoms with Crippen molar-refractivity contribution in [1.29, 1.82) is 0 Å². The van der Waals surface area contributed by atoms with Crippen LogP contribution in [0.5, 0.6) is 11.5 Å². The van der Waals surface area contributed by atoms with Gasteiger partial charge < -0.3 is 14.8 Å². The average Bonchev–Trinajstić information content (AvgIpc) is 3.34. The maximum absolute atomic E-state index is 12.8. The van der Waals surface area contributed by atoms with Gasteiger partial charge in [0.05, 0.1) is 6.61 Å². The van der Waals surface area contributed by atoms with Gasteiger partial charge in [-0.15, -0.1) is 0 Å².